The van der Waals surface area contributed by atoms with Gasteiger partial charge in [-0.2, -0.15) is 0 Å². The van der Waals surface area contributed by atoms with Gasteiger partial charge in [-0.3, -0.25) is 4.99 Å². The normalized spacial score (nSPS) is 18.4. The second-order valence-electron chi connectivity index (χ2n) is 7.54. The van der Waals surface area contributed by atoms with Crippen LogP contribution in [0.4, 0.5) is 0 Å². The van der Waals surface area contributed by atoms with Crippen molar-refractivity contribution in [3.05, 3.63) is 35.9 Å². The molecule has 1 atom stereocenters. The van der Waals surface area contributed by atoms with Gasteiger partial charge in [0, 0.05) is 32.7 Å². The van der Waals surface area contributed by atoms with Crippen LogP contribution in [0.2, 0.25) is 0 Å². The molecule has 1 aliphatic carbocycles. The fourth-order valence-electron chi connectivity index (χ4n) is 2.92. The molecule has 1 unspecified atom stereocenters. The quantitative estimate of drug-likeness (QED) is 0.626. The second-order valence-corrected chi connectivity index (χ2v) is 7.54. The fourth-order valence-corrected chi connectivity index (χ4v) is 2.92. The summed E-state index contributed by atoms with van der Waals surface area (Å²) in [5, 5.41) is 6.88. The van der Waals surface area contributed by atoms with Crippen LogP contribution in [0, 0.1) is 5.41 Å². The summed E-state index contributed by atoms with van der Waals surface area (Å²) in [4.78, 5) is 4.34. The predicted octanol–water partition coefficient (Wildman–Crippen LogP) is 2.94. The average Bonchev–Trinajstić information content (AvgIpc) is 3.31. The van der Waals surface area contributed by atoms with E-state index < -0.39 is 0 Å². The van der Waals surface area contributed by atoms with Crippen molar-refractivity contribution in [1.29, 1.82) is 0 Å². The maximum absolute atomic E-state index is 5.59. The van der Waals surface area contributed by atoms with Crippen molar-refractivity contribution < 1.29 is 4.74 Å². The molecule has 128 valence electrons. The van der Waals surface area contributed by atoms with Crippen molar-refractivity contribution in [3.63, 3.8) is 0 Å². The van der Waals surface area contributed by atoms with E-state index in [0.29, 0.717) is 0 Å². The Hall–Kier alpha value is -1.55. The minimum absolute atomic E-state index is 0.0996. The average molecular weight is 317 g/mol. The molecule has 0 aliphatic heterocycles. The lowest BCUT2D eigenvalue weighted by molar-refractivity contribution is 0.0205. The lowest BCUT2D eigenvalue weighted by Crippen LogP contribution is -2.46. The van der Waals surface area contributed by atoms with Gasteiger partial charge in [0.2, 0.25) is 0 Å². The lowest BCUT2D eigenvalue weighted by Gasteiger charge is -2.30. The Morgan fingerprint density at radius 2 is 1.87 bits per heavy atom. The summed E-state index contributed by atoms with van der Waals surface area (Å²) in [6, 6.07) is 10.8. The van der Waals surface area contributed by atoms with Gasteiger partial charge >= 0.3 is 0 Å². The Labute approximate surface area is 140 Å². The van der Waals surface area contributed by atoms with Crippen molar-refractivity contribution in [3.8, 4) is 0 Å². The molecule has 1 saturated carbocycles. The zero-order valence-electron chi connectivity index (χ0n) is 15.1. The van der Waals surface area contributed by atoms with E-state index in [4.69, 9.17) is 4.74 Å². The van der Waals surface area contributed by atoms with E-state index in [0.717, 1.165) is 19.0 Å². The van der Waals surface area contributed by atoms with Gasteiger partial charge in [-0.25, -0.2) is 0 Å². The largest absolute Gasteiger partial charge is 0.379 e. The highest BCUT2D eigenvalue weighted by molar-refractivity contribution is 5.79. The Bertz CT molecular complexity index is 515. The second kappa shape index (κ2) is 7.35. The first-order valence-electron chi connectivity index (χ1n) is 8.44. The van der Waals surface area contributed by atoms with Crippen molar-refractivity contribution in [1.82, 2.24) is 10.6 Å². The molecule has 1 aromatic carbocycles. The summed E-state index contributed by atoms with van der Waals surface area (Å²) in [5.74, 6) is 0.846. The molecule has 2 N–H and O–H groups in total. The van der Waals surface area contributed by atoms with E-state index in [-0.39, 0.29) is 16.9 Å². The van der Waals surface area contributed by atoms with Crippen molar-refractivity contribution in [2.75, 3.05) is 27.2 Å². The third-order valence-electron chi connectivity index (χ3n) is 4.76. The van der Waals surface area contributed by atoms with Gasteiger partial charge in [-0.1, -0.05) is 51.1 Å². The summed E-state index contributed by atoms with van der Waals surface area (Å²) in [5.41, 5.74) is 1.80. The van der Waals surface area contributed by atoms with E-state index in [1.165, 1.54) is 18.4 Å². The topological polar surface area (TPSA) is 45.7 Å². The van der Waals surface area contributed by atoms with Gasteiger partial charge < -0.3 is 15.4 Å². The first-order chi connectivity index (χ1) is 10.9. The van der Waals surface area contributed by atoms with Crippen LogP contribution < -0.4 is 10.6 Å². The highest BCUT2D eigenvalue weighted by Crippen LogP contribution is 2.47. The number of hydrogen-bond donors (Lipinski definition) is 2. The summed E-state index contributed by atoms with van der Waals surface area (Å²) in [7, 11) is 3.58. The van der Waals surface area contributed by atoms with Crippen LogP contribution in [-0.2, 0) is 10.2 Å². The van der Waals surface area contributed by atoms with Gasteiger partial charge in [0.25, 0.3) is 0 Å². The van der Waals surface area contributed by atoms with Crippen LogP contribution in [0.5, 0.6) is 0 Å². The Kier molecular flexibility index (Phi) is 5.69. The first kappa shape index (κ1) is 17.8. The van der Waals surface area contributed by atoms with Crippen LogP contribution in [0.1, 0.15) is 39.2 Å². The monoisotopic (exact) mass is 317 g/mol. The molecular formula is C19H31N3O. The molecule has 0 bridgehead atoms. The van der Waals surface area contributed by atoms with Crippen LogP contribution in [0.25, 0.3) is 0 Å². The Morgan fingerprint density at radius 1 is 1.22 bits per heavy atom. The van der Waals surface area contributed by atoms with E-state index in [1.54, 1.807) is 7.11 Å². The zero-order chi connectivity index (χ0) is 16.9. The van der Waals surface area contributed by atoms with Crippen LogP contribution in [0.3, 0.4) is 0 Å². The lowest BCUT2D eigenvalue weighted by atomic mass is 9.89. The molecule has 0 radical (unpaired) electrons. The molecule has 0 heterocycles. The number of benzene rings is 1. The van der Waals surface area contributed by atoms with Crippen molar-refractivity contribution in [2.45, 2.75) is 45.1 Å². The predicted molar refractivity (Wildman–Crippen MR) is 97.0 cm³/mol. The molecular weight excluding hydrogens is 286 g/mol. The molecule has 0 spiro atoms. The minimum atomic E-state index is 0.0996. The number of nitrogens with zero attached hydrogens (tertiary/aromatic N) is 1. The first-order valence-corrected chi connectivity index (χ1v) is 8.44. The van der Waals surface area contributed by atoms with E-state index in [1.807, 2.05) is 7.05 Å². The minimum Gasteiger partial charge on any atom is -0.379 e. The third-order valence-corrected chi connectivity index (χ3v) is 4.76. The van der Waals surface area contributed by atoms with E-state index in [9.17, 15) is 0 Å². The van der Waals surface area contributed by atoms with Crippen molar-refractivity contribution in [2.24, 2.45) is 10.4 Å². The van der Waals surface area contributed by atoms with Gasteiger partial charge in [0.1, 0.15) is 0 Å². The third kappa shape index (κ3) is 4.71. The van der Waals surface area contributed by atoms with E-state index >= 15 is 0 Å². The molecule has 0 amide bonds. The maximum atomic E-state index is 5.59. The molecule has 1 aliphatic rings. The molecule has 1 aromatic rings. The Morgan fingerprint density at radius 3 is 2.35 bits per heavy atom. The summed E-state index contributed by atoms with van der Waals surface area (Å²) in [6.45, 7) is 8.23. The molecule has 2 rings (SSSR count). The zero-order valence-corrected chi connectivity index (χ0v) is 15.1. The van der Waals surface area contributed by atoms with Gasteiger partial charge in [-0.15, -0.1) is 0 Å². The number of ether oxygens (including phenoxy) is 1. The van der Waals surface area contributed by atoms with Crippen LogP contribution in [0.15, 0.2) is 35.3 Å². The number of methoxy groups -OCH3 is 1. The summed E-state index contributed by atoms with van der Waals surface area (Å²) >= 11 is 0. The van der Waals surface area contributed by atoms with Crippen LogP contribution >= 0.6 is 0 Å². The number of nitrogens with one attached hydrogen (secondary N) is 2. The maximum Gasteiger partial charge on any atom is 0.191 e. The molecule has 1 fully saturated rings. The van der Waals surface area contributed by atoms with Crippen LogP contribution in [-0.4, -0.2) is 39.3 Å². The highest BCUT2D eigenvalue weighted by Gasteiger charge is 2.44. The number of rotatable bonds is 6. The highest BCUT2D eigenvalue weighted by atomic mass is 16.5. The molecule has 4 nitrogen and oxygen atoms in total. The fraction of sp³-hybridized carbons (Fsp3) is 0.632. The Balaban J connectivity index is 1.87. The summed E-state index contributed by atoms with van der Waals surface area (Å²) in [6.07, 6.45) is 2.62. The standard InChI is InChI=1S/C19H31N3O/c1-18(2,3)16(23-5)13-21-17(20-4)22-14-19(11-12-19)15-9-7-6-8-10-15/h6-10,16H,11-14H2,1-5H3,(H2,20,21,22). The van der Waals surface area contributed by atoms with E-state index in [2.05, 4.69) is 66.7 Å². The van der Waals surface area contributed by atoms with Gasteiger partial charge in [0.15, 0.2) is 5.96 Å². The van der Waals surface area contributed by atoms with Gasteiger partial charge in [-0.05, 0) is 23.8 Å². The number of guanidine groups is 1. The van der Waals surface area contributed by atoms with Crippen molar-refractivity contribution >= 4 is 5.96 Å². The number of hydrogen-bond acceptors (Lipinski definition) is 2. The summed E-state index contributed by atoms with van der Waals surface area (Å²) < 4.78 is 5.59. The molecule has 4 heteroatoms. The SMILES string of the molecule is CN=C(NCC(OC)C(C)(C)C)NCC1(c2ccccc2)CC1. The molecule has 23 heavy (non-hydrogen) atoms. The molecule has 0 aromatic heterocycles. The smallest absolute Gasteiger partial charge is 0.191 e. The van der Waals surface area contributed by atoms with Gasteiger partial charge in [0.05, 0.1) is 6.10 Å². The number of aliphatic imine (C=N–C) groups is 1. The molecule has 0 saturated heterocycles.